The molecule has 0 radical (unpaired) electrons. The quantitative estimate of drug-likeness (QED) is 0.701. The Morgan fingerprint density at radius 2 is 2.07 bits per heavy atom. The normalized spacial score (nSPS) is 20.9. The fourth-order valence-corrected chi connectivity index (χ4v) is 1.28. The van der Waals surface area contributed by atoms with Crippen molar-refractivity contribution in [1.29, 1.82) is 0 Å². The zero-order chi connectivity index (χ0) is 11.5. The van der Waals surface area contributed by atoms with Crippen molar-refractivity contribution in [2.24, 2.45) is 5.92 Å². The Balaban J connectivity index is 2.18. The Bertz CT molecular complexity index is 225. The molecule has 1 saturated heterocycles. The zero-order valence-corrected chi connectivity index (χ0v) is 10.1. The van der Waals surface area contributed by atoms with Crippen molar-refractivity contribution in [1.82, 2.24) is 10.6 Å². The van der Waals surface area contributed by atoms with Crippen molar-refractivity contribution in [3.8, 4) is 0 Å². The van der Waals surface area contributed by atoms with Crippen LogP contribution in [0.1, 0.15) is 27.7 Å². The molecule has 1 aliphatic rings. The number of rotatable bonds is 5. The summed E-state index contributed by atoms with van der Waals surface area (Å²) < 4.78 is 5.53. The molecule has 1 aliphatic heterocycles. The smallest absolute Gasteiger partial charge is 0.246 e. The second kappa shape index (κ2) is 4.94. The van der Waals surface area contributed by atoms with Crippen LogP contribution in [-0.2, 0) is 9.53 Å². The van der Waals surface area contributed by atoms with E-state index in [1.165, 1.54) is 0 Å². The maximum absolute atomic E-state index is 11.5. The van der Waals surface area contributed by atoms with Crippen LogP contribution in [0.25, 0.3) is 0 Å². The first-order chi connectivity index (χ1) is 6.93. The SMILES string of the molecule is CC(C)C(C)NC(=O)COC1(C)CNC1. The van der Waals surface area contributed by atoms with Gasteiger partial charge in [0.1, 0.15) is 6.61 Å². The van der Waals surface area contributed by atoms with Crippen LogP contribution in [0, 0.1) is 5.92 Å². The van der Waals surface area contributed by atoms with Crippen molar-refractivity contribution in [3.63, 3.8) is 0 Å². The van der Waals surface area contributed by atoms with Gasteiger partial charge in [0.15, 0.2) is 0 Å². The third-order valence-electron chi connectivity index (χ3n) is 2.94. The van der Waals surface area contributed by atoms with Crippen LogP contribution in [0.3, 0.4) is 0 Å². The summed E-state index contributed by atoms with van der Waals surface area (Å²) in [5.41, 5.74) is -0.140. The molecule has 0 spiro atoms. The van der Waals surface area contributed by atoms with E-state index in [0.717, 1.165) is 13.1 Å². The predicted molar refractivity (Wildman–Crippen MR) is 59.7 cm³/mol. The minimum absolute atomic E-state index is 0.0238. The van der Waals surface area contributed by atoms with Crippen molar-refractivity contribution < 1.29 is 9.53 Å². The second-order valence-electron chi connectivity index (χ2n) is 4.94. The van der Waals surface area contributed by atoms with Gasteiger partial charge in [0.2, 0.25) is 5.91 Å². The summed E-state index contributed by atoms with van der Waals surface area (Å²) in [5, 5.41) is 6.04. The maximum Gasteiger partial charge on any atom is 0.246 e. The van der Waals surface area contributed by atoms with Crippen molar-refractivity contribution >= 4 is 5.91 Å². The molecule has 0 aromatic rings. The zero-order valence-electron chi connectivity index (χ0n) is 10.1. The molecule has 1 atom stereocenters. The van der Waals surface area contributed by atoms with E-state index in [1.54, 1.807) is 0 Å². The highest BCUT2D eigenvalue weighted by atomic mass is 16.5. The molecule has 1 heterocycles. The van der Waals surface area contributed by atoms with E-state index < -0.39 is 0 Å². The van der Waals surface area contributed by atoms with Crippen LogP contribution < -0.4 is 10.6 Å². The average Bonchev–Trinajstić information content (AvgIpc) is 2.11. The molecule has 0 bridgehead atoms. The number of hydrogen-bond acceptors (Lipinski definition) is 3. The maximum atomic E-state index is 11.5. The summed E-state index contributed by atoms with van der Waals surface area (Å²) in [5.74, 6) is 0.430. The molecule has 0 aromatic heterocycles. The van der Waals surface area contributed by atoms with Gasteiger partial charge in [0.05, 0.1) is 5.60 Å². The van der Waals surface area contributed by atoms with E-state index in [0.29, 0.717) is 5.92 Å². The molecule has 15 heavy (non-hydrogen) atoms. The summed E-state index contributed by atoms with van der Waals surface area (Å²) in [4.78, 5) is 11.5. The summed E-state index contributed by atoms with van der Waals surface area (Å²) in [6.07, 6.45) is 0. The predicted octanol–water partition coefficient (Wildman–Crippen LogP) is 0.526. The lowest BCUT2D eigenvalue weighted by Gasteiger charge is -2.38. The van der Waals surface area contributed by atoms with Gasteiger partial charge < -0.3 is 15.4 Å². The van der Waals surface area contributed by atoms with Gasteiger partial charge in [-0.15, -0.1) is 0 Å². The molecule has 4 nitrogen and oxygen atoms in total. The van der Waals surface area contributed by atoms with Crippen LogP contribution in [0.2, 0.25) is 0 Å². The van der Waals surface area contributed by atoms with Gasteiger partial charge in [-0.25, -0.2) is 0 Å². The number of amides is 1. The average molecular weight is 214 g/mol. The Kier molecular flexibility index (Phi) is 4.11. The molecular weight excluding hydrogens is 192 g/mol. The molecule has 1 amide bonds. The van der Waals surface area contributed by atoms with Crippen LogP contribution in [0.15, 0.2) is 0 Å². The largest absolute Gasteiger partial charge is 0.363 e. The van der Waals surface area contributed by atoms with Gasteiger partial charge in [-0.05, 0) is 19.8 Å². The number of hydrogen-bond donors (Lipinski definition) is 2. The monoisotopic (exact) mass is 214 g/mol. The molecule has 1 rings (SSSR count). The van der Waals surface area contributed by atoms with Crippen molar-refractivity contribution in [2.75, 3.05) is 19.7 Å². The highest BCUT2D eigenvalue weighted by Gasteiger charge is 2.33. The van der Waals surface area contributed by atoms with Gasteiger partial charge in [-0.1, -0.05) is 13.8 Å². The number of carbonyl (C=O) groups excluding carboxylic acids is 1. The van der Waals surface area contributed by atoms with Crippen molar-refractivity contribution in [2.45, 2.75) is 39.3 Å². The fourth-order valence-electron chi connectivity index (χ4n) is 1.28. The van der Waals surface area contributed by atoms with Gasteiger partial charge in [0, 0.05) is 19.1 Å². The lowest BCUT2D eigenvalue weighted by atomic mass is 10.0. The first-order valence-corrected chi connectivity index (χ1v) is 5.57. The minimum atomic E-state index is -0.140. The molecule has 1 unspecified atom stereocenters. The van der Waals surface area contributed by atoms with E-state index in [-0.39, 0.29) is 24.2 Å². The second-order valence-corrected chi connectivity index (χ2v) is 4.94. The molecule has 0 saturated carbocycles. The third-order valence-corrected chi connectivity index (χ3v) is 2.94. The van der Waals surface area contributed by atoms with E-state index in [4.69, 9.17) is 4.74 Å². The lowest BCUT2D eigenvalue weighted by molar-refractivity contribution is -0.136. The molecule has 88 valence electrons. The summed E-state index contributed by atoms with van der Waals surface area (Å²) in [7, 11) is 0. The lowest BCUT2D eigenvalue weighted by Crippen LogP contribution is -2.59. The topological polar surface area (TPSA) is 50.4 Å². The van der Waals surface area contributed by atoms with Crippen LogP contribution in [0.4, 0.5) is 0 Å². The number of carbonyl (C=O) groups is 1. The molecule has 1 fully saturated rings. The molecule has 0 aromatic carbocycles. The van der Waals surface area contributed by atoms with Gasteiger partial charge in [0.25, 0.3) is 0 Å². The molecular formula is C11H22N2O2. The first-order valence-electron chi connectivity index (χ1n) is 5.57. The highest BCUT2D eigenvalue weighted by molar-refractivity contribution is 5.77. The number of nitrogens with one attached hydrogen (secondary N) is 2. The van der Waals surface area contributed by atoms with Gasteiger partial charge >= 0.3 is 0 Å². The Morgan fingerprint density at radius 3 is 2.47 bits per heavy atom. The third kappa shape index (κ3) is 3.80. The van der Waals surface area contributed by atoms with Crippen molar-refractivity contribution in [3.05, 3.63) is 0 Å². The van der Waals surface area contributed by atoms with Gasteiger partial charge in [-0.2, -0.15) is 0 Å². The van der Waals surface area contributed by atoms with Crippen LogP contribution >= 0.6 is 0 Å². The van der Waals surface area contributed by atoms with Gasteiger partial charge in [-0.3, -0.25) is 4.79 Å². The standard InChI is InChI=1S/C11H22N2O2/c1-8(2)9(3)13-10(14)5-15-11(4)6-12-7-11/h8-9,12H,5-7H2,1-4H3,(H,13,14). The Labute approximate surface area is 91.8 Å². The highest BCUT2D eigenvalue weighted by Crippen LogP contribution is 2.14. The molecule has 4 heteroatoms. The van der Waals surface area contributed by atoms with E-state index >= 15 is 0 Å². The number of ether oxygens (including phenoxy) is 1. The van der Waals surface area contributed by atoms with E-state index in [1.807, 2.05) is 13.8 Å². The minimum Gasteiger partial charge on any atom is -0.363 e. The summed E-state index contributed by atoms with van der Waals surface area (Å²) in [6.45, 7) is 10.0. The molecule has 2 N–H and O–H groups in total. The Hall–Kier alpha value is -0.610. The molecule has 0 aliphatic carbocycles. The van der Waals surface area contributed by atoms with Crippen LogP contribution in [0.5, 0.6) is 0 Å². The fraction of sp³-hybridized carbons (Fsp3) is 0.909. The van der Waals surface area contributed by atoms with Crippen LogP contribution in [-0.4, -0.2) is 37.2 Å². The Morgan fingerprint density at radius 1 is 1.47 bits per heavy atom. The first kappa shape index (κ1) is 12.5. The van der Waals surface area contributed by atoms with E-state index in [2.05, 4.69) is 24.5 Å². The summed E-state index contributed by atoms with van der Waals surface area (Å²) in [6, 6.07) is 0.202. The summed E-state index contributed by atoms with van der Waals surface area (Å²) >= 11 is 0. The van der Waals surface area contributed by atoms with E-state index in [9.17, 15) is 4.79 Å².